The van der Waals surface area contributed by atoms with Crippen LogP contribution in [0.3, 0.4) is 0 Å². The molecule has 0 aromatic rings. The van der Waals surface area contributed by atoms with Crippen molar-refractivity contribution in [3.05, 3.63) is 0 Å². The first-order chi connectivity index (χ1) is 12.8. The molecule has 0 saturated carbocycles. The number of rotatable bonds is 6. The third kappa shape index (κ3) is 7.81. The van der Waals surface area contributed by atoms with E-state index in [1.165, 1.54) is 27.7 Å². The summed E-state index contributed by atoms with van der Waals surface area (Å²) >= 11 is 0. The van der Waals surface area contributed by atoms with Gasteiger partial charge in [0.25, 0.3) is 0 Å². The molecule has 0 aliphatic carbocycles. The molecule has 1 rings (SSSR count). The van der Waals surface area contributed by atoms with Crippen molar-refractivity contribution in [1.29, 1.82) is 0 Å². The number of hydrogen-bond acceptors (Lipinski definition) is 9. The highest BCUT2D eigenvalue weighted by molar-refractivity contribution is 5.73. The third-order valence-electron chi connectivity index (χ3n) is 3.54. The standard InChI is InChI=1S/C18H29NO9/c1-9(20)19-14-16(26-12(4)23)15(25-11(3)22)13(8-24-10(2)21)27-17(14)28-18(5,6)7/h13-17H,8H2,1-7H3,(H,19,20)/t13-,14-,15-,16-,17+/m1/s1. The molecule has 160 valence electrons. The van der Waals surface area contributed by atoms with E-state index in [0.717, 1.165) is 0 Å². The van der Waals surface area contributed by atoms with Crippen LogP contribution in [-0.4, -0.2) is 66.7 Å². The molecule has 10 heteroatoms. The van der Waals surface area contributed by atoms with Gasteiger partial charge in [-0.25, -0.2) is 0 Å². The van der Waals surface area contributed by atoms with E-state index in [-0.39, 0.29) is 6.61 Å². The molecule has 1 fully saturated rings. The van der Waals surface area contributed by atoms with Crippen molar-refractivity contribution in [1.82, 2.24) is 5.32 Å². The Bertz CT molecular complexity index is 598. The maximum Gasteiger partial charge on any atom is 0.303 e. The molecule has 1 heterocycles. The predicted molar refractivity (Wildman–Crippen MR) is 94.8 cm³/mol. The van der Waals surface area contributed by atoms with Crippen molar-refractivity contribution in [2.24, 2.45) is 0 Å². The van der Waals surface area contributed by atoms with Gasteiger partial charge in [0.1, 0.15) is 18.8 Å². The van der Waals surface area contributed by atoms with E-state index in [4.69, 9.17) is 23.7 Å². The summed E-state index contributed by atoms with van der Waals surface area (Å²) in [6.45, 7) is 9.94. The minimum Gasteiger partial charge on any atom is -0.463 e. The van der Waals surface area contributed by atoms with Gasteiger partial charge in [0.05, 0.1) is 5.60 Å². The molecule has 1 amide bonds. The van der Waals surface area contributed by atoms with Crippen LogP contribution in [0.5, 0.6) is 0 Å². The Labute approximate surface area is 164 Å². The van der Waals surface area contributed by atoms with E-state index in [1.54, 1.807) is 20.8 Å². The second-order valence-electron chi connectivity index (χ2n) is 7.45. The van der Waals surface area contributed by atoms with Gasteiger partial charge in [0.15, 0.2) is 18.5 Å². The van der Waals surface area contributed by atoms with Crippen LogP contribution in [0.15, 0.2) is 0 Å². The quantitative estimate of drug-likeness (QED) is 0.497. The van der Waals surface area contributed by atoms with Crippen molar-refractivity contribution in [2.75, 3.05) is 6.61 Å². The fourth-order valence-corrected chi connectivity index (χ4v) is 2.74. The summed E-state index contributed by atoms with van der Waals surface area (Å²) in [6, 6.07) is -0.960. The molecule has 28 heavy (non-hydrogen) atoms. The van der Waals surface area contributed by atoms with Crippen LogP contribution in [0.2, 0.25) is 0 Å². The zero-order valence-electron chi connectivity index (χ0n) is 17.3. The first kappa shape index (κ1) is 23.8. The number of amides is 1. The smallest absolute Gasteiger partial charge is 0.303 e. The van der Waals surface area contributed by atoms with Gasteiger partial charge in [-0.3, -0.25) is 19.2 Å². The molecular formula is C18H29NO9. The third-order valence-corrected chi connectivity index (χ3v) is 3.54. The number of carbonyl (C=O) groups excluding carboxylic acids is 4. The molecular weight excluding hydrogens is 374 g/mol. The summed E-state index contributed by atoms with van der Waals surface area (Å²) in [4.78, 5) is 46.3. The van der Waals surface area contributed by atoms with Crippen molar-refractivity contribution >= 4 is 23.8 Å². The number of hydrogen-bond donors (Lipinski definition) is 1. The summed E-state index contributed by atoms with van der Waals surface area (Å²) in [5, 5.41) is 2.63. The van der Waals surface area contributed by atoms with Gasteiger partial charge in [-0.2, -0.15) is 0 Å². The van der Waals surface area contributed by atoms with E-state index in [0.29, 0.717) is 0 Å². The average Bonchev–Trinajstić information content (AvgIpc) is 2.48. The molecule has 1 saturated heterocycles. The number of carbonyl (C=O) groups is 4. The van der Waals surface area contributed by atoms with Crippen molar-refractivity contribution in [3.63, 3.8) is 0 Å². The molecule has 10 nitrogen and oxygen atoms in total. The predicted octanol–water partition coefficient (Wildman–Crippen LogP) is 0.458. The Kier molecular flexibility index (Phi) is 8.37. The second-order valence-corrected chi connectivity index (χ2v) is 7.45. The van der Waals surface area contributed by atoms with E-state index >= 15 is 0 Å². The maximum atomic E-state index is 11.7. The number of ether oxygens (including phenoxy) is 5. The first-order valence-corrected chi connectivity index (χ1v) is 8.88. The molecule has 5 atom stereocenters. The molecule has 0 aromatic heterocycles. The Morgan fingerprint density at radius 1 is 0.893 bits per heavy atom. The fourth-order valence-electron chi connectivity index (χ4n) is 2.74. The Hall–Kier alpha value is -2.20. The molecule has 0 spiro atoms. The average molecular weight is 403 g/mol. The van der Waals surface area contributed by atoms with Crippen LogP contribution in [-0.2, 0) is 42.9 Å². The zero-order valence-corrected chi connectivity index (χ0v) is 17.3. The lowest BCUT2D eigenvalue weighted by Gasteiger charge is -2.46. The van der Waals surface area contributed by atoms with Crippen LogP contribution < -0.4 is 5.32 Å². The second kappa shape index (κ2) is 9.83. The van der Waals surface area contributed by atoms with Crippen LogP contribution in [0, 0.1) is 0 Å². The molecule has 1 aliphatic rings. The lowest BCUT2D eigenvalue weighted by Crippen LogP contribution is -2.67. The summed E-state index contributed by atoms with van der Waals surface area (Å²) in [7, 11) is 0. The zero-order chi connectivity index (χ0) is 21.6. The highest BCUT2D eigenvalue weighted by atomic mass is 16.7. The van der Waals surface area contributed by atoms with Gasteiger partial charge >= 0.3 is 17.9 Å². The summed E-state index contributed by atoms with van der Waals surface area (Å²) < 4.78 is 27.4. The molecule has 1 aliphatic heterocycles. The van der Waals surface area contributed by atoms with Gasteiger partial charge in [-0.05, 0) is 20.8 Å². The normalized spacial score (nSPS) is 27.5. The Morgan fingerprint density at radius 2 is 1.43 bits per heavy atom. The highest BCUT2D eigenvalue weighted by Gasteiger charge is 2.52. The molecule has 0 unspecified atom stereocenters. The molecule has 0 aromatic carbocycles. The van der Waals surface area contributed by atoms with Crippen LogP contribution >= 0.6 is 0 Å². The van der Waals surface area contributed by atoms with Crippen LogP contribution in [0.4, 0.5) is 0 Å². The number of nitrogens with one attached hydrogen (secondary N) is 1. The summed E-state index contributed by atoms with van der Waals surface area (Å²) in [5.74, 6) is -2.30. The number of esters is 3. The monoisotopic (exact) mass is 403 g/mol. The summed E-state index contributed by atoms with van der Waals surface area (Å²) in [6.07, 6.45) is -4.28. The molecule has 0 bridgehead atoms. The van der Waals surface area contributed by atoms with E-state index in [1.807, 2.05) is 0 Å². The maximum absolute atomic E-state index is 11.7. The van der Waals surface area contributed by atoms with E-state index in [2.05, 4.69) is 5.32 Å². The first-order valence-electron chi connectivity index (χ1n) is 8.88. The highest BCUT2D eigenvalue weighted by Crippen LogP contribution is 2.30. The SMILES string of the molecule is CC(=O)N[C@H]1[C@H](OC(C)(C)C)O[C@H](COC(C)=O)[C@@H](OC(C)=O)[C@@H]1OC(C)=O. The van der Waals surface area contributed by atoms with Gasteiger partial charge in [-0.15, -0.1) is 0 Å². The van der Waals surface area contributed by atoms with Gasteiger partial charge in [0.2, 0.25) is 5.91 Å². The molecule has 0 radical (unpaired) electrons. The van der Waals surface area contributed by atoms with Gasteiger partial charge in [0, 0.05) is 27.7 Å². The van der Waals surface area contributed by atoms with Gasteiger partial charge in [-0.1, -0.05) is 0 Å². The van der Waals surface area contributed by atoms with Crippen LogP contribution in [0.25, 0.3) is 0 Å². The Morgan fingerprint density at radius 3 is 1.86 bits per heavy atom. The minimum absolute atomic E-state index is 0.262. The van der Waals surface area contributed by atoms with Crippen LogP contribution in [0.1, 0.15) is 48.5 Å². The van der Waals surface area contributed by atoms with E-state index < -0.39 is 60.1 Å². The topological polar surface area (TPSA) is 126 Å². The largest absolute Gasteiger partial charge is 0.463 e. The fraction of sp³-hybridized carbons (Fsp3) is 0.778. The summed E-state index contributed by atoms with van der Waals surface area (Å²) in [5.41, 5.74) is -0.678. The lowest BCUT2D eigenvalue weighted by molar-refractivity contribution is -0.297. The van der Waals surface area contributed by atoms with Crippen molar-refractivity contribution in [3.8, 4) is 0 Å². The van der Waals surface area contributed by atoms with Gasteiger partial charge < -0.3 is 29.0 Å². The van der Waals surface area contributed by atoms with E-state index in [9.17, 15) is 19.2 Å². The Balaban J connectivity index is 3.33. The minimum atomic E-state index is -1.13. The van der Waals surface area contributed by atoms with Crippen molar-refractivity contribution < 1.29 is 42.9 Å². The lowest BCUT2D eigenvalue weighted by atomic mass is 9.95. The molecule has 1 N–H and O–H groups in total. The van der Waals surface area contributed by atoms with Crippen molar-refractivity contribution in [2.45, 2.75) is 84.7 Å².